The molecular weight excluding hydrogens is 246 g/mol. The third kappa shape index (κ3) is 2.09. The zero-order chi connectivity index (χ0) is 13.7. The highest BCUT2D eigenvalue weighted by Gasteiger charge is 2.48. The summed E-state index contributed by atoms with van der Waals surface area (Å²) in [7, 11) is 2.13. The third-order valence-electron chi connectivity index (χ3n) is 6.77. The highest BCUT2D eigenvalue weighted by atomic mass is 15.2. The third-order valence-corrected chi connectivity index (χ3v) is 6.77. The highest BCUT2D eigenvalue weighted by Crippen LogP contribution is 2.56. The van der Waals surface area contributed by atoms with Crippen molar-refractivity contribution in [3.05, 3.63) is 0 Å². The number of hydrogen-bond donors (Lipinski definition) is 1. The molecule has 5 aliphatic rings. The molecule has 110 valence electrons. The zero-order valence-electron chi connectivity index (χ0n) is 12.6. The first kappa shape index (κ1) is 13.1. The van der Waals surface area contributed by atoms with Crippen molar-refractivity contribution in [1.29, 1.82) is 5.26 Å². The van der Waals surface area contributed by atoms with Crippen molar-refractivity contribution < 1.29 is 0 Å². The molecule has 5 rings (SSSR count). The standard InChI is InChI=1S/C17H27N3/c1-20-3-2-17(10-18,11-20)19-9-16-14-5-12-4-13(7-14)8-15(16)6-12/h12-16,19H,2-9,11H2,1H3. The number of nitrogens with one attached hydrogen (secondary N) is 1. The van der Waals surface area contributed by atoms with Crippen molar-refractivity contribution >= 4 is 0 Å². The van der Waals surface area contributed by atoms with Crippen molar-refractivity contribution in [2.45, 2.75) is 44.1 Å². The normalized spacial score (nSPS) is 50.5. The molecule has 0 amide bonds. The van der Waals surface area contributed by atoms with Gasteiger partial charge in [0, 0.05) is 13.1 Å². The fourth-order valence-electron chi connectivity index (χ4n) is 5.96. The van der Waals surface area contributed by atoms with Gasteiger partial charge in [0.1, 0.15) is 5.54 Å². The first-order valence-corrected chi connectivity index (χ1v) is 8.52. The topological polar surface area (TPSA) is 39.1 Å². The Morgan fingerprint density at radius 1 is 1.15 bits per heavy atom. The molecule has 1 aliphatic heterocycles. The Morgan fingerprint density at radius 2 is 1.80 bits per heavy atom. The lowest BCUT2D eigenvalue weighted by Gasteiger charge is -2.55. The van der Waals surface area contributed by atoms with Gasteiger partial charge in [0.25, 0.3) is 0 Å². The van der Waals surface area contributed by atoms with Crippen molar-refractivity contribution in [3.8, 4) is 6.07 Å². The van der Waals surface area contributed by atoms with Crippen molar-refractivity contribution in [1.82, 2.24) is 10.2 Å². The van der Waals surface area contributed by atoms with Crippen LogP contribution in [-0.2, 0) is 0 Å². The first-order valence-electron chi connectivity index (χ1n) is 8.52. The monoisotopic (exact) mass is 273 g/mol. The molecule has 1 heterocycles. The summed E-state index contributed by atoms with van der Waals surface area (Å²) >= 11 is 0. The lowest BCUT2D eigenvalue weighted by molar-refractivity contribution is -0.0370. The van der Waals surface area contributed by atoms with E-state index in [4.69, 9.17) is 0 Å². The molecule has 0 aromatic heterocycles. The van der Waals surface area contributed by atoms with Crippen LogP contribution in [0.2, 0.25) is 0 Å². The molecule has 3 nitrogen and oxygen atoms in total. The molecule has 4 aliphatic carbocycles. The summed E-state index contributed by atoms with van der Waals surface area (Å²) in [4.78, 5) is 2.28. The maximum absolute atomic E-state index is 9.58. The number of rotatable bonds is 3. The summed E-state index contributed by atoms with van der Waals surface area (Å²) in [5, 5.41) is 13.3. The van der Waals surface area contributed by atoms with E-state index in [2.05, 4.69) is 23.3 Å². The van der Waals surface area contributed by atoms with Crippen LogP contribution in [0.15, 0.2) is 0 Å². The molecule has 1 atom stereocenters. The molecule has 1 unspecified atom stereocenters. The zero-order valence-corrected chi connectivity index (χ0v) is 12.6. The van der Waals surface area contributed by atoms with Gasteiger partial charge in [0.2, 0.25) is 0 Å². The molecular formula is C17H27N3. The summed E-state index contributed by atoms with van der Waals surface area (Å²) in [5.41, 5.74) is -0.261. The summed E-state index contributed by atoms with van der Waals surface area (Å²) in [5.74, 6) is 4.90. The Kier molecular flexibility index (Phi) is 3.09. The molecule has 1 N–H and O–H groups in total. The van der Waals surface area contributed by atoms with E-state index in [0.717, 1.165) is 55.6 Å². The van der Waals surface area contributed by atoms with E-state index in [9.17, 15) is 5.26 Å². The van der Waals surface area contributed by atoms with E-state index in [1.807, 2.05) is 0 Å². The molecule has 1 saturated heterocycles. The Hall–Kier alpha value is -0.590. The van der Waals surface area contributed by atoms with E-state index in [1.54, 1.807) is 0 Å². The van der Waals surface area contributed by atoms with E-state index in [1.165, 1.54) is 32.1 Å². The Labute approximate surface area is 122 Å². The lowest BCUT2D eigenvalue weighted by Crippen LogP contribution is -2.53. The average Bonchev–Trinajstić information content (AvgIpc) is 2.79. The summed E-state index contributed by atoms with van der Waals surface area (Å²) in [6.07, 6.45) is 8.46. The second-order valence-corrected chi connectivity index (χ2v) is 8.16. The molecule has 20 heavy (non-hydrogen) atoms. The Balaban J connectivity index is 1.41. The average molecular weight is 273 g/mol. The minimum atomic E-state index is -0.261. The SMILES string of the molecule is CN1CCC(C#N)(NCC2C3CC4CC(C3)CC2C4)C1. The number of likely N-dealkylation sites (tertiary alicyclic amines) is 1. The van der Waals surface area contributed by atoms with E-state index in [0.29, 0.717) is 0 Å². The molecule has 3 heteroatoms. The summed E-state index contributed by atoms with van der Waals surface area (Å²) in [6.45, 7) is 3.05. The van der Waals surface area contributed by atoms with Crippen LogP contribution in [0.4, 0.5) is 0 Å². The maximum Gasteiger partial charge on any atom is 0.120 e. The highest BCUT2D eigenvalue weighted by molar-refractivity contribution is 5.13. The quantitative estimate of drug-likeness (QED) is 0.857. The molecule has 4 bridgehead atoms. The molecule has 4 saturated carbocycles. The number of nitriles is 1. The summed E-state index contributed by atoms with van der Waals surface area (Å²) in [6, 6.07) is 2.58. The van der Waals surface area contributed by atoms with Crippen molar-refractivity contribution in [2.24, 2.45) is 29.6 Å². The predicted molar refractivity (Wildman–Crippen MR) is 79.0 cm³/mol. The Morgan fingerprint density at radius 3 is 2.30 bits per heavy atom. The lowest BCUT2D eigenvalue weighted by atomic mass is 9.52. The molecule has 5 fully saturated rings. The molecule has 0 spiro atoms. The predicted octanol–water partition coefficient (Wildman–Crippen LogP) is 2.25. The van der Waals surface area contributed by atoms with E-state index in [-0.39, 0.29) is 5.54 Å². The molecule has 0 aromatic rings. The fraction of sp³-hybridized carbons (Fsp3) is 0.941. The van der Waals surface area contributed by atoms with E-state index >= 15 is 0 Å². The van der Waals surface area contributed by atoms with Crippen LogP contribution >= 0.6 is 0 Å². The van der Waals surface area contributed by atoms with Gasteiger partial charge in [0.15, 0.2) is 0 Å². The van der Waals surface area contributed by atoms with Crippen LogP contribution in [0.5, 0.6) is 0 Å². The van der Waals surface area contributed by atoms with Gasteiger partial charge >= 0.3 is 0 Å². The van der Waals surface area contributed by atoms with Gasteiger partial charge in [-0.2, -0.15) is 5.26 Å². The van der Waals surface area contributed by atoms with Gasteiger partial charge in [0.05, 0.1) is 6.07 Å². The van der Waals surface area contributed by atoms with Crippen LogP contribution in [0.25, 0.3) is 0 Å². The molecule has 0 radical (unpaired) electrons. The van der Waals surface area contributed by atoms with Crippen LogP contribution in [0.3, 0.4) is 0 Å². The van der Waals surface area contributed by atoms with Gasteiger partial charge in [-0.15, -0.1) is 0 Å². The van der Waals surface area contributed by atoms with Crippen molar-refractivity contribution in [2.75, 3.05) is 26.7 Å². The Bertz CT molecular complexity index is 398. The van der Waals surface area contributed by atoms with Gasteiger partial charge in [-0.1, -0.05) is 0 Å². The van der Waals surface area contributed by atoms with Gasteiger partial charge in [-0.05, 0) is 81.7 Å². The smallest absolute Gasteiger partial charge is 0.120 e. The summed E-state index contributed by atoms with van der Waals surface area (Å²) < 4.78 is 0. The van der Waals surface area contributed by atoms with Gasteiger partial charge in [-0.25, -0.2) is 0 Å². The largest absolute Gasteiger partial charge is 0.303 e. The molecule has 0 aromatic carbocycles. The second kappa shape index (κ2) is 4.71. The first-order chi connectivity index (χ1) is 9.67. The minimum Gasteiger partial charge on any atom is -0.303 e. The van der Waals surface area contributed by atoms with Crippen molar-refractivity contribution in [3.63, 3.8) is 0 Å². The van der Waals surface area contributed by atoms with Crippen LogP contribution in [0.1, 0.15) is 38.5 Å². The van der Waals surface area contributed by atoms with Gasteiger partial charge < -0.3 is 4.90 Å². The van der Waals surface area contributed by atoms with E-state index < -0.39 is 0 Å². The maximum atomic E-state index is 9.58. The van der Waals surface area contributed by atoms with Crippen LogP contribution < -0.4 is 5.32 Å². The number of hydrogen-bond acceptors (Lipinski definition) is 3. The number of likely N-dealkylation sites (N-methyl/N-ethyl adjacent to an activating group) is 1. The van der Waals surface area contributed by atoms with Crippen LogP contribution in [-0.4, -0.2) is 37.1 Å². The fourth-order valence-corrected chi connectivity index (χ4v) is 5.96. The number of nitrogens with zero attached hydrogens (tertiary/aromatic N) is 2. The van der Waals surface area contributed by atoms with Crippen LogP contribution in [0, 0.1) is 40.9 Å². The second-order valence-electron chi connectivity index (χ2n) is 8.16. The minimum absolute atomic E-state index is 0.261. The van der Waals surface area contributed by atoms with Gasteiger partial charge in [-0.3, -0.25) is 5.32 Å².